The van der Waals surface area contributed by atoms with Crippen LogP contribution in [0.4, 0.5) is 0 Å². The van der Waals surface area contributed by atoms with Crippen LogP contribution < -0.4 is 0 Å². The Balaban J connectivity index is 2.53. The van der Waals surface area contributed by atoms with Crippen molar-refractivity contribution in [3.63, 3.8) is 0 Å². The highest BCUT2D eigenvalue weighted by Gasteiger charge is 2.03. The van der Waals surface area contributed by atoms with E-state index in [0.29, 0.717) is 0 Å². The van der Waals surface area contributed by atoms with Crippen LogP contribution in [0.2, 0.25) is 5.02 Å². The summed E-state index contributed by atoms with van der Waals surface area (Å²) in [5, 5.41) is 2.95. The maximum atomic E-state index is 5.84. The molecule has 1 heterocycles. The predicted molar refractivity (Wildman–Crippen MR) is 51.8 cm³/mol. The van der Waals surface area contributed by atoms with E-state index in [0.717, 1.165) is 10.8 Å². The Morgan fingerprint density at radius 2 is 2.27 bits per heavy atom. The van der Waals surface area contributed by atoms with E-state index in [-0.39, 0.29) is 0 Å². The molecule has 1 aromatic rings. The molecule has 1 aliphatic rings. The number of thioether (sulfide) groups is 1. The smallest absolute Gasteiger partial charge is 0.0409 e. The number of rotatable bonds is 0. The molecule has 0 bridgehead atoms. The molecule has 1 aliphatic heterocycles. The van der Waals surface area contributed by atoms with Crippen molar-refractivity contribution in [2.45, 2.75) is 5.75 Å². The predicted octanol–water partition coefficient (Wildman–Crippen LogP) is 3.56. The van der Waals surface area contributed by atoms with E-state index in [9.17, 15) is 0 Å². The number of halogens is 1. The molecule has 0 aliphatic carbocycles. The molecule has 0 fully saturated rings. The molecular weight excluding hydrogens is 176 g/mol. The Kier molecular flexibility index (Phi) is 1.93. The molecule has 0 N–H and O–H groups in total. The van der Waals surface area contributed by atoms with Crippen LogP contribution in [-0.2, 0) is 5.75 Å². The SMILES string of the molecule is Clc1ccc2c(c1)CSC=C2. The van der Waals surface area contributed by atoms with E-state index >= 15 is 0 Å². The van der Waals surface area contributed by atoms with Gasteiger partial charge in [0.1, 0.15) is 0 Å². The molecule has 0 unspecified atom stereocenters. The second-order valence-electron chi connectivity index (χ2n) is 2.46. The van der Waals surface area contributed by atoms with E-state index in [1.807, 2.05) is 23.9 Å². The van der Waals surface area contributed by atoms with Gasteiger partial charge < -0.3 is 0 Å². The first-order valence-electron chi connectivity index (χ1n) is 3.43. The third kappa shape index (κ3) is 1.44. The van der Waals surface area contributed by atoms with Gasteiger partial charge in [-0.25, -0.2) is 0 Å². The van der Waals surface area contributed by atoms with Gasteiger partial charge in [-0.2, -0.15) is 0 Å². The molecule has 0 aromatic heterocycles. The number of hydrogen-bond donors (Lipinski definition) is 0. The van der Waals surface area contributed by atoms with E-state index < -0.39 is 0 Å². The van der Waals surface area contributed by atoms with Gasteiger partial charge in [-0.15, -0.1) is 11.8 Å². The van der Waals surface area contributed by atoms with Gasteiger partial charge in [0.15, 0.2) is 0 Å². The maximum absolute atomic E-state index is 5.84. The lowest BCUT2D eigenvalue weighted by Gasteiger charge is -2.08. The minimum absolute atomic E-state index is 0.833. The van der Waals surface area contributed by atoms with Crippen LogP contribution in [0.5, 0.6) is 0 Å². The fourth-order valence-corrected chi connectivity index (χ4v) is 2.08. The molecule has 2 rings (SSSR count). The second kappa shape index (κ2) is 2.92. The molecule has 56 valence electrons. The molecule has 0 atom stereocenters. The van der Waals surface area contributed by atoms with Crippen LogP contribution in [0.3, 0.4) is 0 Å². The molecule has 1 aromatic carbocycles. The fourth-order valence-electron chi connectivity index (χ4n) is 1.12. The topological polar surface area (TPSA) is 0 Å². The van der Waals surface area contributed by atoms with Crippen molar-refractivity contribution < 1.29 is 0 Å². The minimum atomic E-state index is 0.833. The lowest BCUT2D eigenvalue weighted by atomic mass is 10.1. The van der Waals surface area contributed by atoms with Gasteiger partial charge in [0.05, 0.1) is 0 Å². The fraction of sp³-hybridized carbons (Fsp3) is 0.111. The summed E-state index contributed by atoms with van der Waals surface area (Å²) < 4.78 is 0. The summed E-state index contributed by atoms with van der Waals surface area (Å²) in [7, 11) is 0. The summed E-state index contributed by atoms with van der Waals surface area (Å²) in [6.45, 7) is 0. The highest BCUT2D eigenvalue weighted by molar-refractivity contribution is 8.01. The van der Waals surface area contributed by atoms with E-state index in [1.165, 1.54) is 11.1 Å². The van der Waals surface area contributed by atoms with Crippen molar-refractivity contribution in [3.05, 3.63) is 39.8 Å². The zero-order chi connectivity index (χ0) is 7.68. The van der Waals surface area contributed by atoms with Crippen LogP contribution in [0.1, 0.15) is 11.1 Å². The standard InChI is InChI=1S/C9H7ClS/c10-9-2-1-7-3-4-11-6-8(7)5-9/h1-5H,6H2. The summed E-state index contributed by atoms with van der Waals surface area (Å²) in [4.78, 5) is 0. The minimum Gasteiger partial charge on any atom is -0.129 e. The Bertz CT molecular complexity index is 304. The third-order valence-corrected chi connectivity index (χ3v) is 2.73. The van der Waals surface area contributed by atoms with Crippen molar-refractivity contribution in [2.75, 3.05) is 0 Å². The molecular formula is C9H7ClS. The van der Waals surface area contributed by atoms with Crippen molar-refractivity contribution in [2.24, 2.45) is 0 Å². The summed E-state index contributed by atoms with van der Waals surface area (Å²) in [6.07, 6.45) is 2.12. The zero-order valence-corrected chi connectivity index (χ0v) is 7.45. The summed E-state index contributed by atoms with van der Waals surface area (Å²) in [5.41, 5.74) is 2.64. The highest BCUT2D eigenvalue weighted by Crippen LogP contribution is 2.27. The van der Waals surface area contributed by atoms with Crippen molar-refractivity contribution in [3.8, 4) is 0 Å². The van der Waals surface area contributed by atoms with E-state index in [4.69, 9.17) is 11.6 Å². The number of hydrogen-bond acceptors (Lipinski definition) is 1. The molecule has 0 amide bonds. The summed E-state index contributed by atoms with van der Waals surface area (Å²) >= 11 is 7.65. The molecule has 0 spiro atoms. The normalized spacial score (nSPS) is 14.6. The summed E-state index contributed by atoms with van der Waals surface area (Å²) in [5.74, 6) is 1.05. The quantitative estimate of drug-likeness (QED) is 0.591. The number of fused-ring (bicyclic) bond motifs is 1. The maximum Gasteiger partial charge on any atom is 0.0409 e. The van der Waals surface area contributed by atoms with Gasteiger partial charge in [0.25, 0.3) is 0 Å². The third-order valence-electron chi connectivity index (χ3n) is 1.69. The van der Waals surface area contributed by atoms with Gasteiger partial charge in [0.2, 0.25) is 0 Å². The molecule has 2 heteroatoms. The molecule has 0 saturated carbocycles. The van der Waals surface area contributed by atoms with Gasteiger partial charge in [-0.3, -0.25) is 0 Å². The average molecular weight is 183 g/mol. The molecule has 0 radical (unpaired) electrons. The van der Waals surface area contributed by atoms with Crippen LogP contribution in [0.25, 0.3) is 6.08 Å². The second-order valence-corrected chi connectivity index (χ2v) is 3.79. The lowest BCUT2D eigenvalue weighted by molar-refractivity contribution is 1.39. The molecule has 0 nitrogen and oxygen atoms in total. The lowest BCUT2D eigenvalue weighted by Crippen LogP contribution is -1.88. The van der Waals surface area contributed by atoms with Crippen molar-refractivity contribution in [1.82, 2.24) is 0 Å². The summed E-state index contributed by atoms with van der Waals surface area (Å²) in [6, 6.07) is 6.03. The van der Waals surface area contributed by atoms with Gasteiger partial charge >= 0.3 is 0 Å². The Labute approximate surface area is 75.3 Å². The highest BCUT2D eigenvalue weighted by atomic mass is 35.5. The first-order valence-corrected chi connectivity index (χ1v) is 4.85. The first kappa shape index (κ1) is 7.26. The van der Waals surface area contributed by atoms with Crippen LogP contribution >= 0.6 is 23.4 Å². The van der Waals surface area contributed by atoms with Gasteiger partial charge in [0, 0.05) is 10.8 Å². The van der Waals surface area contributed by atoms with Crippen molar-refractivity contribution >= 4 is 29.4 Å². The first-order chi connectivity index (χ1) is 5.36. The molecule has 11 heavy (non-hydrogen) atoms. The Morgan fingerprint density at radius 3 is 3.18 bits per heavy atom. The van der Waals surface area contributed by atoms with Crippen LogP contribution in [-0.4, -0.2) is 0 Å². The van der Waals surface area contributed by atoms with E-state index in [1.54, 1.807) is 0 Å². The van der Waals surface area contributed by atoms with E-state index in [2.05, 4.69) is 17.6 Å². The van der Waals surface area contributed by atoms with Crippen LogP contribution in [0.15, 0.2) is 23.6 Å². The number of benzene rings is 1. The average Bonchev–Trinajstić information content (AvgIpc) is 2.04. The molecule has 0 saturated heterocycles. The van der Waals surface area contributed by atoms with Gasteiger partial charge in [-0.1, -0.05) is 17.7 Å². The van der Waals surface area contributed by atoms with Crippen molar-refractivity contribution in [1.29, 1.82) is 0 Å². The largest absolute Gasteiger partial charge is 0.129 e. The monoisotopic (exact) mass is 182 g/mol. The van der Waals surface area contributed by atoms with Crippen LogP contribution in [0, 0.1) is 0 Å². The van der Waals surface area contributed by atoms with Gasteiger partial charge in [-0.05, 0) is 34.7 Å². The zero-order valence-electron chi connectivity index (χ0n) is 5.88. The Hall–Kier alpha value is -0.400. The Morgan fingerprint density at radius 1 is 1.36 bits per heavy atom.